The molecule has 1 aliphatic rings. The Morgan fingerprint density at radius 3 is 2.73 bits per heavy atom. The molecular weight excluding hydrogens is 326 g/mol. The van der Waals surface area contributed by atoms with Gasteiger partial charge in [0.2, 0.25) is 0 Å². The van der Waals surface area contributed by atoms with E-state index in [1.54, 1.807) is 0 Å². The molecule has 2 N–H and O–H groups in total. The van der Waals surface area contributed by atoms with Gasteiger partial charge >= 0.3 is 5.97 Å². The molecule has 1 saturated carbocycles. The Hall–Kier alpha value is -1.55. The topological polar surface area (TPSA) is 61.5 Å². The standard InChI is InChI=1S/C22H35NO3/c1-3-4-15-26-20-12-8-11-19(16-20)17-22(23,21(24)25-2)14-13-18-9-6-5-7-10-18/h8,11-12,16,18H,3-7,9-10,13-15,17,23H2,1-2H3. The van der Waals surface area contributed by atoms with Crippen LogP contribution in [0.5, 0.6) is 5.75 Å². The van der Waals surface area contributed by atoms with Crippen molar-refractivity contribution < 1.29 is 14.3 Å². The van der Waals surface area contributed by atoms with Gasteiger partial charge in [-0.2, -0.15) is 0 Å². The molecule has 0 aliphatic heterocycles. The van der Waals surface area contributed by atoms with E-state index in [4.69, 9.17) is 15.2 Å². The van der Waals surface area contributed by atoms with Crippen LogP contribution in [0.25, 0.3) is 0 Å². The van der Waals surface area contributed by atoms with Crippen LogP contribution in [0.3, 0.4) is 0 Å². The molecule has 1 aromatic rings. The lowest BCUT2D eigenvalue weighted by Crippen LogP contribution is -2.51. The van der Waals surface area contributed by atoms with Crippen molar-refractivity contribution >= 4 is 5.97 Å². The SMILES string of the molecule is CCCCOc1cccc(CC(N)(CCC2CCCCC2)C(=O)OC)c1. The molecule has 0 spiro atoms. The third-order valence-electron chi connectivity index (χ3n) is 5.50. The summed E-state index contributed by atoms with van der Waals surface area (Å²) < 4.78 is 10.8. The molecule has 1 atom stereocenters. The quantitative estimate of drug-likeness (QED) is 0.487. The molecule has 1 aromatic carbocycles. The highest BCUT2D eigenvalue weighted by Crippen LogP contribution is 2.30. The summed E-state index contributed by atoms with van der Waals surface area (Å²) in [4.78, 5) is 12.4. The Bertz CT molecular complexity index is 554. The number of ether oxygens (including phenoxy) is 2. The summed E-state index contributed by atoms with van der Waals surface area (Å²) in [5.41, 5.74) is 6.62. The van der Waals surface area contributed by atoms with Crippen molar-refractivity contribution in [2.24, 2.45) is 11.7 Å². The molecule has 0 amide bonds. The van der Waals surface area contributed by atoms with Gasteiger partial charge in [0.05, 0.1) is 13.7 Å². The normalized spacial score (nSPS) is 17.5. The molecule has 26 heavy (non-hydrogen) atoms. The third-order valence-corrected chi connectivity index (χ3v) is 5.50. The summed E-state index contributed by atoms with van der Waals surface area (Å²) in [6.45, 7) is 2.86. The van der Waals surface area contributed by atoms with Gasteiger partial charge in [0.1, 0.15) is 11.3 Å². The molecule has 1 aliphatic carbocycles. The fraction of sp³-hybridized carbons (Fsp3) is 0.682. The van der Waals surface area contributed by atoms with Crippen molar-refractivity contribution in [1.29, 1.82) is 0 Å². The molecule has 4 heteroatoms. The van der Waals surface area contributed by atoms with Gasteiger partial charge in [-0.15, -0.1) is 0 Å². The Morgan fingerprint density at radius 2 is 2.04 bits per heavy atom. The second-order valence-electron chi connectivity index (χ2n) is 7.72. The van der Waals surface area contributed by atoms with Crippen molar-refractivity contribution in [3.8, 4) is 5.75 Å². The number of carbonyl (C=O) groups excluding carboxylic acids is 1. The smallest absolute Gasteiger partial charge is 0.326 e. The fourth-order valence-corrected chi connectivity index (χ4v) is 3.85. The predicted molar refractivity (Wildman–Crippen MR) is 105 cm³/mol. The van der Waals surface area contributed by atoms with E-state index in [0.717, 1.165) is 30.6 Å². The minimum Gasteiger partial charge on any atom is -0.494 e. The van der Waals surface area contributed by atoms with E-state index in [1.165, 1.54) is 39.2 Å². The Labute approximate surface area is 158 Å². The lowest BCUT2D eigenvalue weighted by atomic mass is 9.80. The van der Waals surface area contributed by atoms with Gasteiger partial charge in [0.15, 0.2) is 0 Å². The molecule has 1 fully saturated rings. The number of nitrogens with two attached hydrogens (primary N) is 1. The van der Waals surface area contributed by atoms with Crippen molar-refractivity contribution in [2.75, 3.05) is 13.7 Å². The largest absolute Gasteiger partial charge is 0.494 e. The van der Waals surface area contributed by atoms with Gasteiger partial charge < -0.3 is 15.2 Å². The monoisotopic (exact) mass is 361 g/mol. The van der Waals surface area contributed by atoms with Crippen LogP contribution in [0.2, 0.25) is 0 Å². The van der Waals surface area contributed by atoms with E-state index >= 15 is 0 Å². The van der Waals surface area contributed by atoms with Gasteiger partial charge in [0.25, 0.3) is 0 Å². The van der Waals surface area contributed by atoms with Gasteiger partial charge in [-0.25, -0.2) is 0 Å². The molecule has 0 radical (unpaired) electrons. The van der Waals surface area contributed by atoms with Crippen molar-refractivity contribution in [3.63, 3.8) is 0 Å². The zero-order chi connectivity index (χ0) is 18.8. The van der Waals surface area contributed by atoms with Gasteiger partial charge in [-0.3, -0.25) is 4.79 Å². The van der Waals surface area contributed by atoms with Crippen molar-refractivity contribution in [2.45, 2.75) is 76.7 Å². The predicted octanol–water partition coefficient (Wildman–Crippen LogP) is 4.64. The summed E-state index contributed by atoms with van der Waals surface area (Å²) in [5, 5.41) is 0. The highest BCUT2D eigenvalue weighted by atomic mass is 16.5. The lowest BCUT2D eigenvalue weighted by molar-refractivity contribution is -0.147. The van der Waals surface area contributed by atoms with Crippen LogP contribution in [-0.2, 0) is 16.0 Å². The molecule has 4 nitrogen and oxygen atoms in total. The lowest BCUT2D eigenvalue weighted by Gasteiger charge is -2.30. The first kappa shape index (κ1) is 20.8. The van der Waals surface area contributed by atoms with Crippen LogP contribution >= 0.6 is 0 Å². The van der Waals surface area contributed by atoms with E-state index in [2.05, 4.69) is 6.92 Å². The van der Waals surface area contributed by atoms with Crippen molar-refractivity contribution in [3.05, 3.63) is 29.8 Å². The van der Waals surface area contributed by atoms with Crippen LogP contribution in [-0.4, -0.2) is 25.2 Å². The van der Waals surface area contributed by atoms with Crippen molar-refractivity contribution in [1.82, 2.24) is 0 Å². The van der Waals surface area contributed by atoms with E-state index in [0.29, 0.717) is 25.4 Å². The zero-order valence-electron chi connectivity index (χ0n) is 16.5. The second kappa shape index (κ2) is 10.6. The minimum absolute atomic E-state index is 0.314. The molecule has 2 rings (SSSR count). The maximum atomic E-state index is 12.4. The molecular formula is C22H35NO3. The third kappa shape index (κ3) is 6.31. The van der Waals surface area contributed by atoms with Gasteiger partial charge in [-0.1, -0.05) is 57.6 Å². The number of unbranched alkanes of at least 4 members (excludes halogenated alkanes) is 1. The molecule has 0 bridgehead atoms. The number of carbonyl (C=O) groups is 1. The minimum atomic E-state index is -0.964. The first-order valence-electron chi connectivity index (χ1n) is 10.2. The highest BCUT2D eigenvalue weighted by molar-refractivity contribution is 5.80. The number of esters is 1. The number of benzene rings is 1. The Kier molecular flexibility index (Phi) is 8.43. The molecule has 146 valence electrons. The summed E-state index contributed by atoms with van der Waals surface area (Å²) in [6.07, 6.45) is 10.8. The van der Waals surface area contributed by atoms with E-state index in [1.807, 2.05) is 24.3 Å². The number of methoxy groups -OCH3 is 1. The van der Waals surface area contributed by atoms with Crippen LogP contribution < -0.4 is 10.5 Å². The summed E-state index contributed by atoms with van der Waals surface area (Å²) >= 11 is 0. The maximum absolute atomic E-state index is 12.4. The van der Waals surface area contributed by atoms with Crippen LogP contribution in [0.1, 0.15) is 70.3 Å². The second-order valence-corrected chi connectivity index (χ2v) is 7.72. The number of rotatable bonds is 10. The van der Waals surface area contributed by atoms with Gasteiger partial charge in [-0.05, 0) is 42.9 Å². The molecule has 1 unspecified atom stereocenters. The number of hydrogen-bond donors (Lipinski definition) is 1. The molecule has 0 heterocycles. The fourth-order valence-electron chi connectivity index (χ4n) is 3.85. The first-order valence-corrected chi connectivity index (χ1v) is 10.2. The zero-order valence-corrected chi connectivity index (χ0v) is 16.5. The summed E-state index contributed by atoms with van der Waals surface area (Å²) in [6, 6.07) is 7.94. The summed E-state index contributed by atoms with van der Waals surface area (Å²) in [5.74, 6) is 1.22. The number of hydrogen-bond acceptors (Lipinski definition) is 4. The first-order chi connectivity index (χ1) is 12.6. The van der Waals surface area contributed by atoms with E-state index in [-0.39, 0.29) is 5.97 Å². The van der Waals surface area contributed by atoms with E-state index in [9.17, 15) is 4.79 Å². The Balaban J connectivity index is 2.01. The average Bonchev–Trinajstić information content (AvgIpc) is 2.67. The van der Waals surface area contributed by atoms with Crippen LogP contribution in [0, 0.1) is 5.92 Å². The molecule has 0 saturated heterocycles. The van der Waals surface area contributed by atoms with E-state index < -0.39 is 5.54 Å². The molecule has 0 aromatic heterocycles. The van der Waals surface area contributed by atoms with Crippen LogP contribution in [0.4, 0.5) is 0 Å². The Morgan fingerprint density at radius 1 is 1.27 bits per heavy atom. The summed E-state index contributed by atoms with van der Waals surface area (Å²) in [7, 11) is 1.43. The van der Waals surface area contributed by atoms with Crippen LogP contribution in [0.15, 0.2) is 24.3 Å². The van der Waals surface area contributed by atoms with Gasteiger partial charge in [0, 0.05) is 6.42 Å². The highest BCUT2D eigenvalue weighted by Gasteiger charge is 2.36. The average molecular weight is 362 g/mol. The maximum Gasteiger partial charge on any atom is 0.326 e.